The monoisotopic (exact) mass is 1360 g/mol. The van der Waals surface area contributed by atoms with Crippen molar-refractivity contribution in [2.75, 3.05) is 58.1 Å². The van der Waals surface area contributed by atoms with Crippen molar-refractivity contribution in [3.05, 3.63) is 0 Å². The molecule has 38 N–H and O–H groups in total. The van der Waals surface area contributed by atoms with Crippen molar-refractivity contribution in [2.24, 2.45) is 167 Å². The van der Waals surface area contributed by atoms with E-state index in [-0.39, 0.29) is 202 Å². The van der Waals surface area contributed by atoms with Gasteiger partial charge in [-0.25, -0.2) is 0 Å². The van der Waals surface area contributed by atoms with E-state index in [1.807, 2.05) is 0 Å². The first kappa shape index (κ1) is 85.5. The van der Waals surface area contributed by atoms with Crippen LogP contribution in [0.4, 0.5) is 0 Å². The van der Waals surface area contributed by atoms with Crippen LogP contribution in [0.2, 0.25) is 0 Å². The van der Waals surface area contributed by atoms with E-state index >= 15 is 0 Å². The maximum absolute atomic E-state index is 14.9. The average molecular weight is 1360 g/mol. The Kier molecular flexibility index (Phi) is 44.3. The molecule has 95 heavy (non-hydrogen) atoms. The molecule has 38 nitrogen and oxygen atoms in total. The lowest BCUT2D eigenvalue weighted by Gasteiger charge is -2.27. The minimum absolute atomic E-state index is 0.00584. The second kappa shape index (κ2) is 49.2. The van der Waals surface area contributed by atoms with Crippen LogP contribution in [0.3, 0.4) is 0 Å². The van der Waals surface area contributed by atoms with Gasteiger partial charge < -0.3 is 119 Å². The molecule has 0 fully saturated rings. The van der Waals surface area contributed by atoms with Gasteiger partial charge in [0.1, 0.15) is 0 Å². The number of nitrogens with two attached hydrogens (primary N) is 17. The fourth-order valence-electron chi connectivity index (χ4n) is 9.60. The van der Waals surface area contributed by atoms with Gasteiger partial charge in [-0.2, -0.15) is 12.6 Å². The number of guanidine groups is 8. The summed E-state index contributed by atoms with van der Waals surface area (Å²) in [6.45, 7) is 2.26. The van der Waals surface area contributed by atoms with E-state index in [2.05, 4.69) is 73.8 Å². The fourth-order valence-corrected chi connectivity index (χ4v) is 9.91. The molecule has 9 atom stereocenters. The third-order valence-corrected chi connectivity index (χ3v) is 15.1. The summed E-state index contributed by atoms with van der Waals surface area (Å²) in [5.74, 6) is -12.8. The molecule has 0 aliphatic rings. The molecule has 0 aromatic carbocycles. The molecule has 0 heterocycles. The predicted molar refractivity (Wildman–Crippen MR) is 372 cm³/mol. The van der Waals surface area contributed by atoms with Crippen LogP contribution in [-0.4, -0.2) is 183 Å². The SMILES string of the molecule is C[C@H](CCCN=C(N)N)C(=O)N[C@H](CCCN=C(N)N)C(=O)C[C@H](CCCN=C(N)N)C(=O)N[C@H](CCCN=C(N)N)C(=O)C[C@H](CCCN=C(N)N)C(=O)N[C@H](CCCN=C(N)N)C(=O)C[C@H](CCCN=C(N)N)C(=O)N[C@H](CCCN=C(N)N)C(=O)C[C@H](CS)C(N)=O. The number of hydrogen-bond donors (Lipinski definition) is 22. The largest absolute Gasteiger partial charge is 0.370 e. The molecular formula is C56H109N29O9S. The molecule has 0 bridgehead atoms. The summed E-state index contributed by atoms with van der Waals surface area (Å²) in [6, 6.07) is -5.01. The number of rotatable bonds is 54. The van der Waals surface area contributed by atoms with E-state index in [1.165, 1.54) is 0 Å². The number of ketones is 4. The smallest absolute Gasteiger partial charge is 0.224 e. The van der Waals surface area contributed by atoms with Gasteiger partial charge in [-0.1, -0.05) is 6.92 Å². The van der Waals surface area contributed by atoms with Crippen molar-refractivity contribution >= 4 is 113 Å². The number of amides is 5. The number of Topliss-reactive ketones (excluding diaryl/α,β-unsaturated/α-hetero) is 4. The lowest BCUT2D eigenvalue weighted by atomic mass is 9.88. The van der Waals surface area contributed by atoms with Crippen LogP contribution in [0.5, 0.6) is 0 Å². The molecule has 0 saturated heterocycles. The highest BCUT2D eigenvalue weighted by Gasteiger charge is 2.36. The Hall–Kier alpha value is -9.46. The molecule has 0 spiro atoms. The second-order valence-electron chi connectivity index (χ2n) is 22.8. The Balaban J connectivity index is 7.68. The van der Waals surface area contributed by atoms with Gasteiger partial charge in [-0.3, -0.25) is 83.1 Å². The minimum Gasteiger partial charge on any atom is -0.370 e. The van der Waals surface area contributed by atoms with Gasteiger partial charge >= 0.3 is 0 Å². The van der Waals surface area contributed by atoms with Crippen LogP contribution in [0.25, 0.3) is 0 Å². The van der Waals surface area contributed by atoms with Crippen molar-refractivity contribution < 1.29 is 43.2 Å². The molecule has 0 radical (unpaired) electrons. The van der Waals surface area contributed by atoms with Crippen LogP contribution < -0.4 is 119 Å². The maximum atomic E-state index is 14.9. The molecule has 39 heteroatoms. The summed E-state index contributed by atoms with van der Waals surface area (Å²) in [6.07, 6.45) is 0.0166. The highest BCUT2D eigenvalue weighted by Crippen LogP contribution is 2.23. The number of nitrogens with zero attached hydrogens (tertiary/aromatic N) is 8. The molecule has 0 aliphatic carbocycles. The number of aliphatic imine (C=N–C) groups is 8. The quantitative estimate of drug-likeness (QED) is 0.0116. The van der Waals surface area contributed by atoms with E-state index < -0.39 is 126 Å². The van der Waals surface area contributed by atoms with Crippen molar-refractivity contribution in [1.82, 2.24) is 21.3 Å². The van der Waals surface area contributed by atoms with Gasteiger partial charge in [0, 0.05) is 107 Å². The van der Waals surface area contributed by atoms with Gasteiger partial charge in [0.05, 0.1) is 30.1 Å². The van der Waals surface area contributed by atoms with Gasteiger partial charge in [0.15, 0.2) is 70.8 Å². The number of carbonyl (C=O) groups excluding carboxylic acids is 9. The van der Waals surface area contributed by atoms with Crippen molar-refractivity contribution in [2.45, 2.75) is 160 Å². The maximum Gasteiger partial charge on any atom is 0.224 e. The number of nitrogens with one attached hydrogen (secondary N) is 4. The zero-order valence-corrected chi connectivity index (χ0v) is 55.6. The summed E-state index contributed by atoms with van der Waals surface area (Å²) in [4.78, 5) is 160. The van der Waals surface area contributed by atoms with Gasteiger partial charge in [0.25, 0.3) is 0 Å². The summed E-state index contributed by atoms with van der Waals surface area (Å²) in [7, 11) is 0. The first-order valence-corrected chi connectivity index (χ1v) is 32.1. The van der Waals surface area contributed by atoms with Crippen molar-refractivity contribution in [1.29, 1.82) is 0 Å². The third kappa shape index (κ3) is 42.4. The molecule has 0 aliphatic heterocycles. The number of thiol groups is 1. The topological polar surface area (TPSA) is 743 Å². The van der Waals surface area contributed by atoms with E-state index in [4.69, 9.17) is 97.5 Å². The fraction of sp³-hybridized carbons (Fsp3) is 0.696. The molecule has 0 unspecified atom stereocenters. The zero-order valence-electron chi connectivity index (χ0n) is 54.7. The van der Waals surface area contributed by atoms with Gasteiger partial charge in [-0.15, -0.1) is 0 Å². The summed E-state index contributed by atoms with van der Waals surface area (Å²) >= 11 is 4.16. The van der Waals surface area contributed by atoms with Crippen LogP contribution in [0.15, 0.2) is 39.9 Å². The van der Waals surface area contributed by atoms with E-state index in [1.54, 1.807) is 6.92 Å². The van der Waals surface area contributed by atoms with Crippen LogP contribution in [0, 0.1) is 29.6 Å². The van der Waals surface area contributed by atoms with Crippen LogP contribution in [-0.2, 0) is 43.2 Å². The zero-order chi connectivity index (χ0) is 72.0. The lowest BCUT2D eigenvalue weighted by Crippen LogP contribution is -2.49. The summed E-state index contributed by atoms with van der Waals surface area (Å²) < 4.78 is 0. The molecular weight excluding hydrogens is 1250 g/mol. The Morgan fingerprint density at radius 3 is 0.674 bits per heavy atom. The normalized spacial score (nSPS) is 13.6. The Labute approximate surface area is 560 Å². The average Bonchev–Trinajstić information content (AvgIpc) is 1.04. The van der Waals surface area contributed by atoms with Crippen LogP contribution >= 0.6 is 12.6 Å². The standard InChI is InChI=1S/C56H109N29O9S/c1-31(10-2-18-74-49(58)59)45(91)82-36(14-6-22-78-53(66)67)40(86)26-32(11-3-19-75-50(60)61)46(92)83-37(15-7-23-79-54(68)69)41(87)27-33(12-4-20-76-51(62)63)47(93)84-38(16-8-24-80-55(70)71)42(88)28-34(13-5-21-77-52(64)65)48(94)85-39(17-9-25-81-56(72)73)43(89)29-35(30-95)44(57)90/h31-39,95H,2-30H2,1H3,(H2,57,90)(H,82,91)(H,83,92)(H,84,93)(H,85,94)(H4,58,59,74)(H4,60,61,75)(H4,62,63,76)(H4,64,65,77)(H4,66,67,78)(H4,68,69,79)(H4,70,71,80)(H4,72,73,81)/t31-,32+,33+,34+,35-,36-,37-,38-,39-/m1/s1. The molecule has 0 aromatic rings. The predicted octanol–water partition coefficient (Wildman–Crippen LogP) is -7.29. The van der Waals surface area contributed by atoms with Crippen LogP contribution in [0.1, 0.15) is 135 Å². The van der Waals surface area contributed by atoms with E-state index in [0.29, 0.717) is 12.8 Å². The first-order chi connectivity index (χ1) is 44.8. The second-order valence-corrected chi connectivity index (χ2v) is 23.2. The highest BCUT2D eigenvalue weighted by atomic mass is 32.1. The van der Waals surface area contributed by atoms with Gasteiger partial charge in [0.2, 0.25) is 29.5 Å². The molecule has 0 saturated carbocycles. The van der Waals surface area contributed by atoms with E-state index in [9.17, 15) is 43.2 Å². The number of carbonyl (C=O) groups is 9. The Morgan fingerprint density at radius 2 is 0.474 bits per heavy atom. The van der Waals surface area contributed by atoms with Gasteiger partial charge in [-0.05, 0) is 103 Å². The lowest BCUT2D eigenvalue weighted by molar-refractivity contribution is -0.136. The molecule has 0 aromatic heterocycles. The Bertz CT molecular complexity index is 2670. The molecule has 5 amide bonds. The number of hydrogen-bond acceptors (Lipinski definition) is 18. The van der Waals surface area contributed by atoms with E-state index in [0.717, 1.165) is 0 Å². The van der Waals surface area contributed by atoms with Crippen molar-refractivity contribution in [3.8, 4) is 0 Å². The highest BCUT2D eigenvalue weighted by molar-refractivity contribution is 7.80. The molecule has 538 valence electrons. The number of primary amides is 1. The van der Waals surface area contributed by atoms with Crippen molar-refractivity contribution in [3.63, 3.8) is 0 Å². The molecule has 0 rings (SSSR count). The Morgan fingerprint density at radius 1 is 0.284 bits per heavy atom. The summed E-state index contributed by atoms with van der Waals surface area (Å²) in [5, 5.41) is 11.2. The summed E-state index contributed by atoms with van der Waals surface area (Å²) in [5.41, 5.74) is 94.6. The first-order valence-electron chi connectivity index (χ1n) is 31.4. The minimum atomic E-state index is -1.35. The third-order valence-electron chi connectivity index (χ3n) is 14.7.